The number of benzene rings is 2. The van der Waals surface area contributed by atoms with Crippen molar-refractivity contribution >= 4 is 28.2 Å². The monoisotopic (exact) mass is 397 g/mol. The highest BCUT2D eigenvalue weighted by Gasteiger charge is 2.18. The predicted octanol–water partition coefficient (Wildman–Crippen LogP) is 4.33. The highest BCUT2D eigenvalue weighted by Crippen LogP contribution is 2.32. The Morgan fingerprint density at radius 1 is 1.00 bits per heavy atom. The Morgan fingerprint density at radius 2 is 1.83 bits per heavy atom. The fraction of sp³-hybridized carbons (Fsp3) is 0.208. The van der Waals surface area contributed by atoms with E-state index in [1.165, 1.54) is 12.8 Å². The lowest BCUT2D eigenvalue weighted by molar-refractivity contribution is 0.102. The predicted molar refractivity (Wildman–Crippen MR) is 119 cm³/mol. The van der Waals surface area contributed by atoms with Gasteiger partial charge in [-0.3, -0.25) is 14.5 Å². The summed E-state index contributed by atoms with van der Waals surface area (Å²) in [4.78, 5) is 19.8. The molecule has 2 aromatic carbocycles. The molecule has 1 amide bonds. The van der Waals surface area contributed by atoms with Crippen LogP contribution in [0.4, 0.5) is 11.4 Å². The fourth-order valence-corrected chi connectivity index (χ4v) is 4.01. The number of carbonyl (C=O) groups is 1. The molecule has 0 bridgehead atoms. The molecule has 2 aromatic heterocycles. The maximum absolute atomic E-state index is 12.9. The standard InChI is InChI=1S/C24H23N5O/c30-24(19-15-26-29(17-19)16-18-7-2-1-3-8-18)27-21-10-11-22(28-13-4-5-14-28)23-20(21)9-6-12-25-23/h1-3,6-12,15,17H,4-5,13-14,16H2,(H,27,30). The molecule has 1 N–H and O–H groups in total. The van der Waals surface area contributed by atoms with Crippen molar-refractivity contribution in [2.24, 2.45) is 0 Å². The molecule has 0 radical (unpaired) electrons. The number of fused-ring (bicyclic) bond motifs is 1. The van der Waals surface area contributed by atoms with E-state index in [2.05, 4.69) is 26.4 Å². The van der Waals surface area contributed by atoms with Crippen molar-refractivity contribution in [3.8, 4) is 0 Å². The van der Waals surface area contributed by atoms with E-state index >= 15 is 0 Å². The van der Waals surface area contributed by atoms with Crippen LogP contribution in [0.15, 0.2) is 73.2 Å². The van der Waals surface area contributed by atoms with Crippen molar-refractivity contribution in [3.05, 3.63) is 84.3 Å². The van der Waals surface area contributed by atoms with E-state index in [0.29, 0.717) is 12.1 Å². The lowest BCUT2D eigenvalue weighted by atomic mass is 10.1. The van der Waals surface area contributed by atoms with Gasteiger partial charge in [0, 0.05) is 30.9 Å². The summed E-state index contributed by atoms with van der Waals surface area (Å²) in [5.41, 5.74) is 4.50. The van der Waals surface area contributed by atoms with Gasteiger partial charge in [0.05, 0.1) is 35.2 Å². The van der Waals surface area contributed by atoms with E-state index in [9.17, 15) is 4.79 Å². The lowest BCUT2D eigenvalue weighted by Gasteiger charge is -2.20. The Labute approximate surface area is 175 Å². The topological polar surface area (TPSA) is 63.1 Å². The van der Waals surface area contributed by atoms with Crippen molar-refractivity contribution in [2.45, 2.75) is 19.4 Å². The average Bonchev–Trinajstić information content (AvgIpc) is 3.47. The molecular weight excluding hydrogens is 374 g/mol. The molecule has 0 aliphatic carbocycles. The molecule has 3 heterocycles. The third-order valence-corrected chi connectivity index (χ3v) is 5.53. The minimum absolute atomic E-state index is 0.173. The van der Waals surface area contributed by atoms with Crippen LogP contribution in [0.2, 0.25) is 0 Å². The van der Waals surface area contributed by atoms with E-state index in [-0.39, 0.29) is 5.91 Å². The maximum Gasteiger partial charge on any atom is 0.258 e. The van der Waals surface area contributed by atoms with E-state index < -0.39 is 0 Å². The quantitative estimate of drug-likeness (QED) is 0.544. The highest BCUT2D eigenvalue weighted by molar-refractivity contribution is 6.10. The number of nitrogens with one attached hydrogen (secondary N) is 1. The molecule has 150 valence electrons. The minimum Gasteiger partial charge on any atom is -0.370 e. The SMILES string of the molecule is O=C(Nc1ccc(N2CCCC2)c2ncccc12)c1cnn(Cc2ccccc2)c1. The third kappa shape index (κ3) is 3.64. The lowest BCUT2D eigenvalue weighted by Crippen LogP contribution is -2.18. The van der Waals surface area contributed by atoms with Crippen LogP contribution in [0, 0.1) is 0 Å². The van der Waals surface area contributed by atoms with Crippen LogP contribution in [0.5, 0.6) is 0 Å². The number of amides is 1. The van der Waals surface area contributed by atoms with Crippen molar-refractivity contribution in [1.82, 2.24) is 14.8 Å². The zero-order valence-corrected chi connectivity index (χ0v) is 16.7. The van der Waals surface area contributed by atoms with E-state index in [1.54, 1.807) is 23.3 Å². The van der Waals surface area contributed by atoms with Crippen molar-refractivity contribution in [2.75, 3.05) is 23.3 Å². The smallest absolute Gasteiger partial charge is 0.258 e. The van der Waals surface area contributed by atoms with Crippen molar-refractivity contribution in [1.29, 1.82) is 0 Å². The van der Waals surface area contributed by atoms with Crippen molar-refractivity contribution < 1.29 is 4.79 Å². The van der Waals surface area contributed by atoms with Gasteiger partial charge in [-0.2, -0.15) is 5.10 Å². The first-order valence-electron chi connectivity index (χ1n) is 10.3. The summed E-state index contributed by atoms with van der Waals surface area (Å²) in [5.74, 6) is -0.173. The number of nitrogens with zero attached hydrogens (tertiary/aromatic N) is 4. The molecule has 6 nitrogen and oxygen atoms in total. The molecule has 30 heavy (non-hydrogen) atoms. The number of hydrogen-bond donors (Lipinski definition) is 1. The van der Waals surface area contributed by atoms with E-state index in [4.69, 9.17) is 0 Å². The Hall–Kier alpha value is -3.67. The molecular formula is C24H23N5O. The second-order valence-corrected chi connectivity index (χ2v) is 7.59. The number of pyridine rings is 1. The highest BCUT2D eigenvalue weighted by atomic mass is 16.1. The number of hydrogen-bond acceptors (Lipinski definition) is 4. The van der Waals surface area contributed by atoms with Gasteiger partial charge in [-0.15, -0.1) is 0 Å². The van der Waals surface area contributed by atoms with Gasteiger partial charge in [0.2, 0.25) is 0 Å². The van der Waals surface area contributed by atoms with Gasteiger partial charge < -0.3 is 10.2 Å². The molecule has 0 atom stereocenters. The van der Waals surface area contributed by atoms with Crippen LogP contribution in [-0.4, -0.2) is 33.8 Å². The van der Waals surface area contributed by atoms with Crippen LogP contribution in [0.3, 0.4) is 0 Å². The Balaban J connectivity index is 1.38. The summed E-state index contributed by atoms with van der Waals surface area (Å²) < 4.78 is 1.78. The molecule has 1 fully saturated rings. The van der Waals surface area contributed by atoms with Gasteiger partial charge in [-0.1, -0.05) is 30.3 Å². The first kappa shape index (κ1) is 18.4. The molecule has 1 aliphatic rings. The summed E-state index contributed by atoms with van der Waals surface area (Å²) in [6.07, 6.45) is 7.61. The number of anilines is 2. The van der Waals surface area contributed by atoms with E-state index in [1.807, 2.05) is 48.5 Å². The summed E-state index contributed by atoms with van der Waals surface area (Å²) in [7, 11) is 0. The zero-order valence-electron chi connectivity index (χ0n) is 16.7. The van der Waals surface area contributed by atoms with Crippen molar-refractivity contribution in [3.63, 3.8) is 0 Å². The van der Waals surface area contributed by atoms with Crippen LogP contribution in [-0.2, 0) is 6.54 Å². The summed E-state index contributed by atoms with van der Waals surface area (Å²) >= 11 is 0. The van der Waals surface area contributed by atoms with Crippen LogP contribution >= 0.6 is 0 Å². The third-order valence-electron chi connectivity index (χ3n) is 5.53. The van der Waals surface area contributed by atoms with Crippen LogP contribution in [0.25, 0.3) is 10.9 Å². The van der Waals surface area contributed by atoms with Gasteiger partial charge in [-0.05, 0) is 42.7 Å². The van der Waals surface area contributed by atoms with Gasteiger partial charge in [0.25, 0.3) is 5.91 Å². The van der Waals surface area contributed by atoms with Gasteiger partial charge in [0.1, 0.15) is 0 Å². The summed E-state index contributed by atoms with van der Waals surface area (Å²) in [6, 6.07) is 18.0. The zero-order chi connectivity index (χ0) is 20.3. The minimum atomic E-state index is -0.173. The molecule has 1 saturated heterocycles. The summed E-state index contributed by atoms with van der Waals surface area (Å²) in [5, 5.41) is 8.34. The van der Waals surface area contributed by atoms with Gasteiger partial charge in [0.15, 0.2) is 0 Å². The molecule has 0 spiro atoms. The van der Waals surface area contributed by atoms with Gasteiger partial charge >= 0.3 is 0 Å². The largest absolute Gasteiger partial charge is 0.370 e. The number of rotatable bonds is 5. The normalized spacial score (nSPS) is 13.7. The Bertz CT molecular complexity index is 1180. The second kappa shape index (κ2) is 7.99. The molecule has 4 aromatic rings. The first-order valence-corrected chi connectivity index (χ1v) is 10.3. The van der Waals surface area contributed by atoms with Crippen LogP contribution < -0.4 is 10.2 Å². The number of carbonyl (C=O) groups excluding carboxylic acids is 1. The van der Waals surface area contributed by atoms with E-state index in [0.717, 1.165) is 40.9 Å². The second-order valence-electron chi connectivity index (χ2n) is 7.59. The average molecular weight is 397 g/mol. The number of aromatic nitrogens is 3. The van der Waals surface area contributed by atoms with Crippen LogP contribution in [0.1, 0.15) is 28.8 Å². The Morgan fingerprint density at radius 3 is 2.67 bits per heavy atom. The molecule has 0 saturated carbocycles. The fourth-order valence-electron chi connectivity index (χ4n) is 4.01. The molecule has 5 rings (SSSR count). The maximum atomic E-state index is 12.9. The van der Waals surface area contributed by atoms with Gasteiger partial charge in [-0.25, -0.2) is 0 Å². The molecule has 0 unspecified atom stereocenters. The first-order chi connectivity index (χ1) is 14.8. The summed E-state index contributed by atoms with van der Waals surface area (Å²) in [6.45, 7) is 2.74. The molecule has 1 aliphatic heterocycles. The molecule has 6 heteroatoms. The Kier molecular flexibility index (Phi) is 4.89.